The van der Waals surface area contributed by atoms with Gasteiger partial charge in [0.1, 0.15) is 5.75 Å². The first-order chi connectivity index (χ1) is 10.5. The van der Waals surface area contributed by atoms with Crippen molar-refractivity contribution in [2.24, 2.45) is 0 Å². The van der Waals surface area contributed by atoms with E-state index in [9.17, 15) is 4.79 Å². The van der Waals surface area contributed by atoms with Crippen molar-refractivity contribution >= 4 is 34.8 Å². The number of carbonyl (C=O) groups is 1. The Balaban J connectivity index is 2.10. The molecule has 1 amide bonds. The molecular weight excluding hydrogens is 321 g/mol. The van der Waals surface area contributed by atoms with Crippen molar-refractivity contribution < 1.29 is 9.53 Å². The van der Waals surface area contributed by atoms with Gasteiger partial charge in [-0.2, -0.15) is 0 Å². The van der Waals surface area contributed by atoms with Crippen LogP contribution in [0.1, 0.15) is 18.9 Å². The van der Waals surface area contributed by atoms with Gasteiger partial charge in [-0.25, -0.2) is 0 Å². The maximum Gasteiger partial charge on any atom is 0.265 e. The van der Waals surface area contributed by atoms with E-state index < -0.39 is 6.10 Å². The first-order valence-corrected chi connectivity index (χ1v) is 7.74. The minimum atomic E-state index is -0.584. The number of amides is 1. The molecule has 2 aromatic carbocycles. The van der Waals surface area contributed by atoms with Gasteiger partial charge in [0.15, 0.2) is 6.10 Å². The molecule has 3 nitrogen and oxygen atoms in total. The molecule has 0 heterocycles. The topological polar surface area (TPSA) is 38.3 Å². The number of rotatable bonds is 5. The van der Waals surface area contributed by atoms with Crippen LogP contribution in [0.25, 0.3) is 0 Å². The average Bonchev–Trinajstić information content (AvgIpc) is 2.45. The largest absolute Gasteiger partial charge is 0.480 e. The highest BCUT2D eigenvalue weighted by Gasteiger charge is 2.19. The molecule has 0 saturated carbocycles. The number of aryl methyl sites for hydroxylation is 1. The van der Waals surface area contributed by atoms with Gasteiger partial charge >= 0.3 is 0 Å². The summed E-state index contributed by atoms with van der Waals surface area (Å²) >= 11 is 11.9. The van der Waals surface area contributed by atoms with E-state index in [1.165, 1.54) is 0 Å². The van der Waals surface area contributed by atoms with E-state index >= 15 is 0 Å². The summed E-state index contributed by atoms with van der Waals surface area (Å²) in [5, 5.41) is 3.72. The minimum Gasteiger partial charge on any atom is -0.480 e. The van der Waals surface area contributed by atoms with E-state index in [1.54, 1.807) is 18.2 Å². The molecule has 2 aromatic rings. The third-order valence-electron chi connectivity index (χ3n) is 3.16. The lowest BCUT2D eigenvalue weighted by Gasteiger charge is -2.18. The van der Waals surface area contributed by atoms with E-state index in [0.29, 0.717) is 27.9 Å². The van der Waals surface area contributed by atoms with Crippen LogP contribution in [0.15, 0.2) is 42.5 Å². The lowest BCUT2D eigenvalue weighted by atomic mass is 10.2. The lowest BCUT2D eigenvalue weighted by Crippen LogP contribution is -2.32. The smallest absolute Gasteiger partial charge is 0.265 e. The highest BCUT2D eigenvalue weighted by molar-refractivity contribution is 6.35. The Labute approximate surface area is 140 Å². The third-order valence-corrected chi connectivity index (χ3v) is 3.59. The molecule has 0 aliphatic rings. The van der Waals surface area contributed by atoms with Gasteiger partial charge in [0, 0.05) is 15.7 Å². The molecule has 0 aromatic heterocycles. The number of nitrogens with one attached hydrogen (secondary N) is 1. The van der Waals surface area contributed by atoms with Crippen molar-refractivity contribution in [1.29, 1.82) is 0 Å². The van der Waals surface area contributed by atoms with Gasteiger partial charge < -0.3 is 10.1 Å². The summed E-state index contributed by atoms with van der Waals surface area (Å²) < 4.78 is 5.81. The molecule has 0 unspecified atom stereocenters. The van der Waals surface area contributed by atoms with Crippen LogP contribution in [-0.2, 0) is 4.79 Å². The summed E-state index contributed by atoms with van der Waals surface area (Å²) in [6, 6.07) is 12.5. The summed E-state index contributed by atoms with van der Waals surface area (Å²) in [5.41, 5.74) is 1.54. The number of benzene rings is 2. The lowest BCUT2D eigenvalue weighted by molar-refractivity contribution is -0.122. The molecule has 0 radical (unpaired) electrons. The van der Waals surface area contributed by atoms with Gasteiger partial charge in [0.25, 0.3) is 5.91 Å². The van der Waals surface area contributed by atoms with E-state index in [-0.39, 0.29) is 5.91 Å². The molecule has 0 fully saturated rings. The number of hydrogen-bond donors (Lipinski definition) is 1. The molecule has 116 valence electrons. The number of hydrogen-bond acceptors (Lipinski definition) is 2. The molecule has 0 spiro atoms. The third kappa shape index (κ3) is 4.39. The van der Waals surface area contributed by atoms with Crippen LogP contribution in [0, 0.1) is 6.92 Å². The highest BCUT2D eigenvalue weighted by atomic mass is 35.5. The van der Waals surface area contributed by atoms with Gasteiger partial charge in [-0.05, 0) is 43.2 Å². The van der Waals surface area contributed by atoms with Crippen LogP contribution in [0.5, 0.6) is 5.75 Å². The predicted molar refractivity (Wildman–Crippen MR) is 91.0 cm³/mol. The van der Waals surface area contributed by atoms with Crippen molar-refractivity contribution in [3.8, 4) is 5.75 Å². The van der Waals surface area contributed by atoms with Gasteiger partial charge in [-0.3, -0.25) is 4.79 Å². The van der Waals surface area contributed by atoms with Crippen LogP contribution < -0.4 is 10.1 Å². The molecule has 1 atom stereocenters. The molecule has 5 heteroatoms. The fourth-order valence-electron chi connectivity index (χ4n) is 2.01. The average molecular weight is 338 g/mol. The first-order valence-electron chi connectivity index (χ1n) is 6.99. The number of halogens is 2. The van der Waals surface area contributed by atoms with Gasteiger partial charge in [0.2, 0.25) is 0 Å². The van der Waals surface area contributed by atoms with Gasteiger partial charge in [0.05, 0.1) is 0 Å². The molecular formula is C17H17Cl2NO2. The van der Waals surface area contributed by atoms with E-state index in [2.05, 4.69) is 5.32 Å². The number of carbonyl (C=O) groups excluding carboxylic acids is 1. The normalized spacial score (nSPS) is 11.8. The summed E-state index contributed by atoms with van der Waals surface area (Å²) in [6.07, 6.45) is -0.0343. The summed E-state index contributed by atoms with van der Waals surface area (Å²) in [4.78, 5) is 12.4. The Kier molecular flexibility index (Phi) is 5.69. The fourth-order valence-corrected chi connectivity index (χ4v) is 2.54. The van der Waals surface area contributed by atoms with Crippen molar-refractivity contribution in [3.05, 3.63) is 58.1 Å². The molecule has 0 aliphatic heterocycles. The van der Waals surface area contributed by atoms with Crippen LogP contribution in [0.3, 0.4) is 0 Å². The zero-order chi connectivity index (χ0) is 16.1. The maximum atomic E-state index is 12.4. The Morgan fingerprint density at radius 1 is 1.18 bits per heavy atom. The Bertz CT molecular complexity index is 653. The molecule has 1 N–H and O–H groups in total. The van der Waals surface area contributed by atoms with Gasteiger partial charge in [-0.1, -0.05) is 48.3 Å². The Morgan fingerprint density at radius 3 is 2.41 bits per heavy atom. The minimum absolute atomic E-state index is 0.232. The molecule has 0 aliphatic carbocycles. The summed E-state index contributed by atoms with van der Waals surface area (Å²) in [7, 11) is 0. The zero-order valence-corrected chi connectivity index (χ0v) is 13.9. The maximum absolute atomic E-state index is 12.4. The van der Waals surface area contributed by atoms with Crippen molar-refractivity contribution in [2.45, 2.75) is 26.4 Å². The van der Waals surface area contributed by atoms with Crippen LogP contribution in [0.4, 0.5) is 5.69 Å². The summed E-state index contributed by atoms with van der Waals surface area (Å²) in [5.74, 6) is 0.470. The van der Waals surface area contributed by atoms with Crippen LogP contribution in [-0.4, -0.2) is 12.0 Å². The van der Waals surface area contributed by atoms with Crippen LogP contribution in [0.2, 0.25) is 10.0 Å². The SMILES string of the molecule is CC[C@H](Oc1ccccc1C)C(=O)Nc1cc(Cl)cc(Cl)c1. The first kappa shape index (κ1) is 16.7. The van der Waals surface area contributed by atoms with Crippen molar-refractivity contribution in [3.63, 3.8) is 0 Å². The number of anilines is 1. The van der Waals surface area contributed by atoms with E-state index in [1.807, 2.05) is 38.1 Å². The standard InChI is InChI=1S/C17H17Cl2NO2/c1-3-15(22-16-7-5-4-6-11(16)2)17(21)20-14-9-12(18)8-13(19)10-14/h4-10,15H,3H2,1-2H3,(H,20,21)/t15-/m0/s1. The quantitative estimate of drug-likeness (QED) is 0.824. The monoisotopic (exact) mass is 337 g/mol. The fraction of sp³-hybridized carbons (Fsp3) is 0.235. The molecule has 2 rings (SSSR count). The Hall–Kier alpha value is -1.71. The number of ether oxygens (including phenoxy) is 1. The Morgan fingerprint density at radius 2 is 1.82 bits per heavy atom. The van der Waals surface area contributed by atoms with Crippen LogP contribution >= 0.6 is 23.2 Å². The predicted octanol–water partition coefficient (Wildman–Crippen LogP) is 5.10. The zero-order valence-electron chi connectivity index (χ0n) is 12.4. The highest BCUT2D eigenvalue weighted by Crippen LogP contribution is 2.23. The summed E-state index contributed by atoms with van der Waals surface area (Å²) in [6.45, 7) is 3.84. The molecule has 22 heavy (non-hydrogen) atoms. The second kappa shape index (κ2) is 7.52. The van der Waals surface area contributed by atoms with Crippen molar-refractivity contribution in [1.82, 2.24) is 0 Å². The second-order valence-electron chi connectivity index (χ2n) is 4.93. The van der Waals surface area contributed by atoms with E-state index in [4.69, 9.17) is 27.9 Å². The van der Waals surface area contributed by atoms with E-state index in [0.717, 1.165) is 5.56 Å². The molecule has 0 bridgehead atoms. The van der Waals surface area contributed by atoms with Crippen molar-refractivity contribution in [2.75, 3.05) is 5.32 Å². The molecule has 0 saturated heterocycles. The van der Waals surface area contributed by atoms with Gasteiger partial charge in [-0.15, -0.1) is 0 Å². The second-order valence-corrected chi connectivity index (χ2v) is 5.80. The number of para-hydroxylation sites is 1.